The second-order valence-corrected chi connectivity index (χ2v) is 6.26. The Labute approximate surface area is 118 Å². The van der Waals surface area contributed by atoms with Crippen LogP contribution in [-0.2, 0) is 0 Å². The van der Waals surface area contributed by atoms with E-state index >= 15 is 0 Å². The second kappa shape index (κ2) is 6.53. The maximum absolute atomic E-state index is 6.40. The number of likely N-dealkylation sites (N-methyl/N-ethyl adjacent to an activating group) is 1. The van der Waals surface area contributed by atoms with Gasteiger partial charge in [-0.2, -0.15) is 0 Å². The van der Waals surface area contributed by atoms with E-state index in [0.717, 1.165) is 12.6 Å². The van der Waals surface area contributed by atoms with Gasteiger partial charge >= 0.3 is 0 Å². The summed E-state index contributed by atoms with van der Waals surface area (Å²) in [6.45, 7) is 5.26. The van der Waals surface area contributed by atoms with Gasteiger partial charge in [0, 0.05) is 18.6 Å². The molecule has 1 aromatic carbocycles. The molecule has 1 fully saturated rings. The summed E-state index contributed by atoms with van der Waals surface area (Å²) >= 11 is 0. The van der Waals surface area contributed by atoms with E-state index in [1.165, 1.54) is 48.8 Å². The molecular weight excluding hydrogens is 232 g/mol. The zero-order chi connectivity index (χ0) is 13.8. The number of aryl methyl sites for hydroxylation is 2. The Morgan fingerprint density at radius 2 is 1.68 bits per heavy atom. The lowest BCUT2D eigenvalue weighted by molar-refractivity contribution is 0.182. The van der Waals surface area contributed by atoms with Crippen molar-refractivity contribution in [2.45, 2.75) is 58.0 Å². The first-order valence-corrected chi connectivity index (χ1v) is 7.60. The molecule has 0 bridgehead atoms. The molecule has 2 N–H and O–H groups in total. The van der Waals surface area contributed by atoms with E-state index in [1.807, 2.05) is 0 Å². The smallest absolute Gasteiger partial charge is 0.0424 e. The van der Waals surface area contributed by atoms with Crippen molar-refractivity contribution in [2.24, 2.45) is 5.73 Å². The van der Waals surface area contributed by atoms with Gasteiger partial charge in [0.15, 0.2) is 0 Å². The molecule has 0 radical (unpaired) electrons. The van der Waals surface area contributed by atoms with Crippen molar-refractivity contribution in [2.75, 3.05) is 13.6 Å². The van der Waals surface area contributed by atoms with Crippen molar-refractivity contribution in [1.82, 2.24) is 4.90 Å². The zero-order valence-corrected chi connectivity index (χ0v) is 12.7. The van der Waals surface area contributed by atoms with Crippen molar-refractivity contribution >= 4 is 0 Å². The maximum Gasteiger partial charge on any atom is 0.0424 e. The fraction of sp³-hybridized carbons (Fsp3) is 0.647. The molecule has 1 saturated carbocycles. The minimum Gasteiger partial charge on any atom is -0.323 e. The van der Waals surface area contributed by atoms with Crippen LogP contribution < -0.4 is 5.73 Å². The Hall–Kier alpha value is -0.860. The molecule has 0 aromatic heterocycles. The zero-order valence-electron chi connectivity index (χ0n) is 12.7. The highest BCUT2D eigenvalue weighted by Gasteiger charge is 2.20. The van der Waals surface area contributed by atoms with Crippen LogP contribution in [0.3, 0.4) is 0 Å². The van der Waals surface area contributed by atoms with Crippen LogP contribution in [0.2, 0.25) is 0 Å². The fourth-order valence-corrected chi connectivity index (χ4v) is 3.31. The van der Waals surface area contributed by atoms with E-state index in [0.29, 0.717) is 0 Å². The van der Waals surface area contributed by atoms with E-state index in [1.54, 1.807) is 0 Å². The van der Waals surface area contributed by atoms with Gasteiger partial charge in [0.25, 0.3) is 0 Å². The monoisotopic (exact) mass is 260 g/mol. The summed E-state index contributed by atoms with van der Waals surface area (Å²) in [5, 5.41) is 0. The van der Waals surface area contributed by atoms with E-state index in [4.69, 9.17) is 5.73 Å². The highest BCUT2D eigenvalue weighted by Crippen LogP contribution is 2.23. The third kappa shape index (κ3) is 4.05. The molecular formula is C17H28N2. The molecule has 1 aliphatic rings. The number of nitrogens with two attached hydrogens (primary N) is 1. The average Bonchev–Trinajstić information content (AvgIpc) is 2.38. The summed E-state index contributed by atoms with van der Waals surface area (Å²) in [7, 11) is 2.23. The summed E-state index contributed by atoms with van der Waals surface area (Å²) in [5.74, 6) is 0. The lowest BCUT2D eigenvalue weighted by atomic mass is 9.93. The number of rotatable bonds is 4. The Kier molecular flexibility index (Phi) is 5.00. The first kappa shape index (κ1) is 14.5. The van der Waals surface area contributed by atoms with Crippen LogP contribution >= 0.6 is 0 Å². The van der Waals surface area contributed by atoms with Crippen molar-refractivity contribution in [1.29, 1.82) is 0 Å². The standard InChI is InChI=1S/C17H28N2/c1-13-9-14(2)11-15(10-13)17(18)12-19(3)16-7-5-4-6-8-16/h9-11,16-17H,4-8,12,18H2,1-3H3. The van der Waals surface area contributed by atoms with E-state index < -0.39 is 0 Å². The topological polar surface area (TPSA) is 29.3 Å². The quantitative estimate of drug-likeness (QED) is 0.896. The summed E-state index contributed by atoms with van der Waals surface area (Å²) in [5.41, 5.74) is 10.3. The first-order valence-electron chi connectivity index (χ1n) is 7.60. The van der Waals surface area contributed by atoms with E-state index in [-0.39, 0.29) is 6.04 Å². The lowest BCUT2D eigenvalue weighted by Gasteiger charge is -2.33. The van der Waals surface area contributed by atoms with Gasteiger partial charge in [-0.25, -0.2) is 0 Å². The molecule has 0 aliphatic heterocycles. The van der Waals surface area contributed by atoms with Crippen LogP contribution in [0.5, 0.6) is 0 Å². The molecule has 1 unspecified atom stereocenters. The van der Waals surface area contributed by atoms with Gasteiger partial charge in [0.2, 0.25) is 0 Å². The molecule has 0 spiro atoms. The third-order valence-corrected chi connectivity index (χ3v) is 4.35. The van der Waals surface area contributed by atoms with Crippen molar-refractivity contribution in [3.8, 4) is 0 Å². The van der Waals surface area contributed by atoms with Gasteiger partial charge in [0.05, 0.1) is 0 Å². The molecule has 1 atom stereocenters. The average molecular weight is 260 g/mol. The second-order valence-electron chi connectivity index (χ2n) is 6.26. The van der Waals surface area contributed by atoms with Gasteiger partial charge in [-0.3, -0.25) is 0 Å². The summed E-state index contributed by atoms with van der Waals surface area (Å²) < 4.78 is 0. The summed E-state index contributed by atoms with van der Waals surface area (Å²) in [4.78, 5) is 2.47. The molecule has 2 nitrogen and oxygen atoms in total. The number of hydrogen-bond donors (Lipinski definition) is 1. The van der Waals surface area contributed by atoms with Crippen LogP contribution in [0.4, 0.5) is 0 Å². The van der Waals surface area contributed by atoms with Gasteiger partial charge in [-0.15, -0.1) is 0 Å². The number of nitrogens with zero attached hydrogens (tertiary/aromatic N) is 1. The van der Waals surface area contributed by atoms with E-state index in [9.17, 15) is 0 Å². The highest BCUT2D eigenvalue weighted by molar-refractivity contribution is 5.30. The van der Waals surface area contributed by atoms with Crippen LogP contribution in [0.25, 0.3) is 0 Å². The molecule has 0 amide bonds. The van der Waals surface area contributed by atoms with Crippen molar-refractivity contribution in [3.05, 3.63) is 34.9 Å². The van der Waals surface area contributed by atoms with Crippen LogP contribution in [0.15, 0.2) is 18.2 Å². The van der Waals surface area contributed by atoms with Gasteiger partial charge < -0.3 is 10.6 Å². The van der Waals surface area contributed by atoms with Gasteiger partial charge in [-0.1, -0.05) is 48.6 Å². The third-order valence-electron chi connectivity index (χ3n) is 4.35. The molecule has 1 aliphatic carbocycles. The van der Waals surface area contributed by atoms with Crippen LogP contribution in [0.1, 0.15) is 54.8 Å². The Morgan fingerprint density at radius 1 is 1.11 bits per heavy atom. The number of hydrogen-bond acceptors (Lipinski definition) is 2. The normalized spacial score (nSPS) is 18.8. The fourth-order valence-electron chi connectivity index (χ4n) is 3.31. The number of benzene rings is 1. The first-order chi connectivity index (χ1) is 9.06. The molecule has 2 rings (SSSR count). The van der Waals surface area contributed by atoms with Crippen LogP contribution in [0, 0.1) is 13.8 Å². The summed E-state index contributed by atoms with van der Waals surface area (Å²) in [6, 6.07) is 7.54. The largest absolute Gasteiger partial charge is 0.323 e. The Morgan fingerprint density at radius 3 is 2.26 bits per heavy atom. The SMILES string of the molecule is Cc1cc(C)cc(C(N)CN(C)C2CCCCC2)c1. The molecule has 0 saturated heterocycles. The minimum absolute atomic E-state index is 0.130. The Bertz CT molecular complexity index is 387. The molecule has 2 heteroatoms. The van der Waals surface area contributed by atoms with Crippen LogP contribution in [-0.4, -0.2) is 24.5 Å². The van der Waals surface area contributed by atoms with Crippen molar-refractivity contribution in [3.63, 3.8) is 0 Å². The minimum atomic E-state index is 0.130. The Balaban J connectivity index is 1.97. The predicted octanol–water partition coefficient (Wildman–Crippen LogP) is 3.57. The predicted molar refractivity (Wildman–Crippen MR) is 82.3 cm³/mol. The molecule has 0 heterocycles. The lowest BCUT2D eigenvalue weighted by Crippen LogP contribution is -2.38. The van der Waals surface area contributed by atoms with Gasteiger partial charge in [-0.05, 0) is 39.3 Å². The van der Waals surface area contributed by atoms with Gasteiger partial charge in [0.1, 0.15) is 0 Å². The molecule has 19 heavy (non-hydrogen) atoms. The highest BCUT2D eigenvalue weighted by atomic mass is 15.1. The maximum atomic E-state index is 6.40. The van der Waals surface area contributed by atoms with E-state index in [2.05, 4.69) is 44.0 Å². The molecule has 1 aromatic rings. The summed E-state index contributed by atoms with van der Waals surface area (Å²) in [6.07, 6.45) is 6.86. The van der Waals surface area contributed by atoms with Crippen molar-refractivity contribution < 1.29 is 0 Å². The molecule has 106 valence electrons.